The fraction of sp³-hybridized carbons (Fsp3) is 0.500. The second-order valence-electron chi connectivity index (χ2n) is 4.39. The first-order valence-electron chi connectivity index (χ1n) is 5.78. The van der Waals surface area contributed by atoms with Gasteiger partial charge in [0.2, 0.25) is 5.91 Å². The van der Waals surface area contributed by atoms with Crippen LogP contribution < -0.4 is 4.90 Å². The second-order valence-corrected chi connectivity index (χ2v) is 5.59. The first-order chi connectivity index (χ1) is 8.56. The molecule has 1 saturated heterocycles. The molecule has 1 aromatic heterocycles. The third kappa shape index (κ3) is 3.07. The molecule has 6 heteroatoms. The largest absolute Gasteiger partial charge is 0.295 e. The van der Waals surface area contributed by atoms with E-state index in [2.05, 4.69) is 9.97 Å². The first kappa shape index (κ1) is 13.0. The number of hydrogen-bond donors (Lipinski definition) is 0. The van der Waals surface area contributed by atoms with E-state index in [4.69, 9.17) is 0 Å². The lowest BCUT2D eigenvalue weighted by Gasteiger charge is -2.14. The summed E-state index contributed by atoms with van der Waals surface area (Å²) in [6.45, 7) is 4.02. The average molecular weight is 265 g/mol. The molecule has 1 amide bonds. The molecule has 0 saturated carbocycles. The van der Waals surface area contributed by atoms with Crippen molar-refractivity contribution in [2.24, 2.45) is 5.92 Å². The Bertz CT molecular complexity index is 461. The molecule has 0 spiro atoms. The molecule has 0 aromatic carbocycles. The summed E-state index contributed by atoms with van der Waals surface area (Å²) >= 11 is 1.28. The van der Waals surface area contributed by atoms with E-state index in [1.54, 1.807) is 24.2 Å². The summed E-state index contributed by atoms with van der Waals surface area (Å²) in [6.07, 6.45) is 3.75. The van der Waals surface area contributed by atoms with Crippen LogP contribution in [0.15, 0.2) is 12.4 Å². The summed E-state index contributed by atoms with van der Waals surface area (Å²) in [7, 11) is 0. The number of amides is 1. The summed E-state index contributed by atoms with van der Waals surface area (Å²) in [5, 5.41) is 0.0935. The third-order valence-electron chi connectivity index (χ3n) is 2.77. The predicted molar refractivity (Wildman–Crippen MR) is 70.4 cm³/mol. The monoisotopic (exact) mass is 265 g/mol. The Kier molecular flexibility index (Phi) is 3.96. The van der Waals surface area contributed by atoms with E-state index in [1.165, 1.54) is 11.8 Å². The van der Waals surface area contributed by atoms with Gasteiger partial charge < -0.3 is 0 Å². The zero-order valence-electron chi connectivity index (χ0n) is 10.4. The average Bonchev–Trinajstić information content (AvgIpc) is 2.69. The van der Waals surface area contributed by atoms with E-state index in [0.717, 1.165) is 5.69 Å². The van der Waals surface area contributed by atoms with Gasteiger partial charge in [0.15, 0.2) is 10.9 Å². The number of rotatable bonds is 3. The normalized spacial score (nSPS) is 19.3. The molecule has 1 aliphatic heterocycles. The van der Waals surface area contributed by atoms with E-state index in [-0.39, 0.29) is 16.9 Å². The van der Waals surface area contributed by atoms with Gasteiger partial charge in [-0.1, -0.05) is 11.8 Å². The summed E-state index contributed by atoms with van der Waals surface area (Å²) in [6, 6.07) is 0. The molecule has 0 bridgehead atoms. The van der Waals surface area contributed by atoms with Gasteiger partial charge in [-0.2, -0.15) is 0 Å². The van der Waals surface area contributed by atoms with Crippen molar-refractivity contribution in [2.45, 2.75) is 20.3 Å². The second kappa shape index (κ2) is 5.48. The van der Waals surface area contributed by atoms with Crippen LogP contribution in [0.25, 0.3) is 0 Å². The Morgan fingerprint density at radius 2 is 2.28 bits per heavy atom. The Hall–Kier alpha value is -1.43. The lowest BCUT2D eigenvalue weighted by atomic mass is 10.1. The fourth-order valence-electron chi connectivity index (χ4n) is 1.87. The van der Waals surface area contributed by atoms with Crippen molar-refractivity contribution in [2.75, 3.05) is 17.2 Å². The van der Waals surface area contributed by atoms with Gasteiger partial charge in [0.1, 0.15) is 0 Å². The lowest BCUT2D eigenvalue weighted by Crippen LogP contribution is -2.25. The van der Waals surface area contributed by atoms with Gasteiger partial charge in [-0.05, 0) is 12.8 Å². The molecule has 2 heterocycles. The van der Waals surface area contributed by atoms with Gasteiger partial charge in [0.25, 0.3) is 0 Å². The molecule has 96 valence electrons. The highest BCUT2D eigenvalue weighted by molar-refractivity contribution is 8.13. The van der Waals surface area contributed by atoms with E-state index in [9.17, 15) is 9.59 Å². The highest BCUT2D eigenvalue weighted by atomic mass is 32.2. The van der Waals surface area contributed by atoms with Crippen LogP contribution in [-0.2, 0) is 9.59 Å². The number of aromatic nitrogens is 2. The Balaban J connectivity index is 2.00. The minimum Gasteiger partial charge on any atom is -0.295 e. The maximum atomic E-state index is 11.9. The van der Waals surface area contributed by atoms with Gasteiger partial charge in [0, 0.05) is 25.6 Å². The van der Waals surface area contributed by atoms with Crippen LogP contribution in [-0.4, -0.2) is 33.3 Å². The molecule has 1 fully saturated rings. The van der Waals surface area contributed by atoms with Gasteiger partial charge in [0.05, 0.1) is 18.1 Å². The van der Waals surface area contributed by atoms with Crippen LogP contribution in [0.3, 0.4) is 0 Å². The highest BCUT2D eigenvalue weighted by Crippen LogP contribution is 2.25. The third-order valence-corrected chi connectivity index (χ3v) is 3.82. The number of thioether (sulfide) groups is 1. The van der Waals surface area contributed by atoms with Crippen LogP contribution in [0.2, 0.25) is 0 Å². The quantitative estimate of drug-likeness (QED) is 0.827. The lowest BCUT2D eigenvalue weighted by molar-refractivity contribution is -0.117. The van der Waals surface area contributed by atoms with Crippen molar-refractivity contribution in [3.63, 3.8) is 0 Å². The number of aryl methyl sites for hydroxylation is 1. The zero-order chi connectivity index (χ0) is 13.1. The van der Waals surface area contributed by atoms with Crippen molar-refractivity contribution >= 4 is 28.6 Å². The van der Waals surface area contributed by atoms with Crippen LogP contribution in [0.1, 0.15) is 19.0 Å². The molecule has 0 radical (unpaired) electrons. The SMILES string of the molecule is CC(=O)SCC1CC(=O)N(c2cnc(C)cn2)C1. The summed E-state index contributed by atoms with van der Waals surface area (Å²) in [5.41, 5.74) is 0.828. The molecule has 0 N–H and O–H groups in total. The van der Waals surface area contributed by atoms with Crippen molar-refractivity contribution < 1.29 is 9.59 Å². The molecule has 1 unspecified atom stereocenters. The molecular weight excluding hydrogens is 250 g/mol. The molecule has 5 nitrogen and oxygen atoms in total. The van der Waals surface area contributed by atoms with Gasteiger partial charge in [-0.25, -0.2) is 4.98 Å². The number of nitrogens with zero attached hydrogens (tertiary/aromatic N) is 3. The minimum absolute atomic E-state index is 0.0577. The van der Waals surface area contributed by atoms with E-state index in [1.807, 2.05) is 6.92 Å². The predicted octanol–water partition coefficient (Wildman–Crippen LogP) is 1.42. The Morgan fingerprint density at radius 3 is 2.89 bits per heavy atom. The Morgan fingerprint density at radius 1 is 1.50 bits per heavy atom. The van der Waals surface area contributed by atoms with Crippen molar-refractivity contribution in [3.8, 4) is 0 Å². The topological polar surface area (TPSA) is 63.2 Å². The first-order valence-corrected chi connectivity index (χ1v) is 6.77. The molecule has 1 aliphatic rings. The number of carbonyl (C=O) groups excluding carboxylic acids is 2. The maximum Gasteiger partial charge on any atom is 0.228 e. The Labute approximate surface area is 110 Å². The number of anilines is 1. The highest BCUT2D eigenvalue weighted by Gasteiger charge is 2.31. The minimum atomic E-state index is 0.0577. The number of hydrogen-bond acceptors (Lipinski definition) is 5. The molecule has 1 atom stereocenters. The molecule has 0 aliphatic carbocycles. The van der Waals surface area contributed by atoms with E-state index < -0.39 is 0 Å². The van der Waals surface area contributed by atoms with Crippen LogP contribution in [0.5, 0.6) is 0 Å². The van der Waals surface area contributed by atoms with Crippen molar-refractivity contribution in [1.29, 1.82) is 0 Å². The summed E-state index contributed by atoms with van der Waals surface area (Å²) in [5.74, 6) is 1.56. The molecule has 1 aromatic rings. The van der Waals surface area contributed by atoms with E-state index >= 15 is 0 Å². The fourth-order valence-corrected chi connectivity index (χ4v) is 2.57. The van der Waals surface area contributed by atoms with E-state index in [0.29, 0.717) is 24.5 Å². The number of carbonyl (C=O) groups is 2. The van der Waals surface area contributed by atoms with Gasteiger partial charge >= 0.3 is 0 Å². The van der Waals surface area contributed by atoms with Crippen LogP contribution in [0, 0.1) is 12.8 Å². The van der Waals surface area contributed by atoms with Gasteiger partial charge in [-0.3, -0.25) is 19.5 Å². The summed E-state index contributed by atoms with van der Waals surface area (Å²) in [4.78, 5) is 32.8. The standard InChI is InChI=1S/C12H15N3O2S/c1-8-4-14-11(5-13-8)15-6-10(3-12(15)17)7-18-9(2)16/h4-5,10H,3,6-7H2,1-2H3. The maximum absolute atomic E-state index is 11.9. The molecule has 2 rings (SSSR count). The summed E-state index contributed by atoms with van der Waals surface area (Å²) < 4.78 is 0. The van der Waals surface area contributed by atoms with Crippen molar-refractivity contribution in [3.05, 3.63) is 18.1 Å². The van der Waals surface area contributed by atoms with Crippen LogP contribution >= 0.6 is 11.8 Å². The van der Waals surface area contributed by atoms with Crippen molar-refractivity contribution in [1.82, 2.24) is 9.97 Å². The molecule has 18 heavy (non-hydrogen) atoms. The van der Waals surface area contributed by atoms with Crippen LogP contribution in [0.4, 0.5) is 5.82 Å². The zero-order valence-corrected chi connectivity index (χ0v) is 11.2. The van der Waals surface area contributed by atoms with Gasteiger partial charge in [-0.15, -0.1) is 0 Å². The smallest absolute Gasteiger partial charge is 0.228 e. The molecular formula is C12H15N3O2S.